The lowest BCUT2D eigenvalue weighted by Crippen LogP contribution is -2.43. The van der Waals surface area contributed by atoms with Crippen LogP contribution in [0.5, 0.6) is 5.75 Å². The first-order chi connectivity index (χ1) is 8.15. The summed E-state index contributed by atoms with van der Waals surface area (Å²) in [6, 6.07) is 5.50. The molecule has 0 saturated heterocycles. The van der Waals surface area contributed by atoms with E-state index in [9.17, 15) is 5.11 Å². The predicted octanol–water partition coefficient (Wildman–Crippen LogP) is 3.30. The van der Waals surface area contributed by atoms with Crippen LogP contribution in [0.1, 0.15) is 38.4 Å². The van der Waals surface area contributed by atoms with Crippen molar-refractivity contribution in [1.82, 2.24) is 0 Å². The Labute approximate surface area is 106 Å². The van der Waals surface area contributed by atoms with Crippen molar-refractivity contribution in [2.45, 2.75) is 38.6 Å². The van der Waals surface area contributed by atoms with E-state index in [1.165, 1.54) is 0 Å². The summed E-state index contributed by atoms with van der Waals surface area (Å²) in [6.45, 7) is 3.93. The van der Waals surface area contributed by atoms with Crippen LogP contribution >= 0.6 is 11.6 Å². The topological polar surface area (TPSA) is 38.7 Å². The van der Waals surface area contributed by atoms with Gasteiger partial charge in [-0.2, -0.15) is 0 Å². The Bertz CT molecular complexity index is 402. The summed E-state index contributed by atoms with van der Waals surface area (Å²) in [5.74, 6) is -0.0334. The number of hydrogen-bond acceptors (Lipinski definition) is 3. The molecule has 1 aromatic carbocycles. The molecule has 17 heavy (non-hydrogen) atoms. The number of aliphatic hydroxyl groups is 1. The fourth-order valence-electron chi connectivity index (χ4n) is 2.12. The number of fused-ring (bicyclic) bond motifs is 1. The van der Waals surface area contributed by atoms with E-state index < -0.39 is 5.79 Å². The fraction of sp³-hybridized carbons (Fsp3) is 0.538. The van der Waals surface area contributed by atoms with Crippen LogP contribution in [-0.4, -0.2) is 17.5 Å². The summed E-state index contributed by atoms with van der Waals surface area (Å²) < 4.78 is 11.8. The molecule has 94 valence electrons. The molecule has 0 radical (unpaired) electrons. The highest BCUT2D eigenvalue weighted by Crippen LogP contribution is 2.44. The van der Waals surface area contributed by atoms with E-state index in [1.807, 2.05) is 26.0 Å². The smallest absolute Gasteiger partial charge is 0.210 e. The Morgan fingerprint density at radius 2 is 2.06 bits per heavy atom. The van der Waals surface area contributed by atoms with Gasteiger partial charge < -0.3 is 14.6 Å². The van der Waals surface area contributed by atoms with Gasteiger partial charge in [0.25, 0.3) is 0 Å². The van der Waals surface area contributed by atoms with Crippen molar-refractivity contribution in [3.05, 3.63) is 28.8 Å². The third kappa shape index (κ3) is 2.15. The Balaban J connectivity index is 2.47. The van der Waals surface area contributed by atoms with Crippen LogP contribution in [0, 0.1) is 0 Å². The van der Waals surface area contributed by atoms with Crippen LogP contribution in [0.3, 0.4) is 0 Å². The number of para-hydroxylation sites is 1. The van der Waals surface area contributed by atoms with Gasteiger partial charge >= 0.3 is 0 Å². The highest BCUT2D eigenvalue weighted by atomic mass is 35.5. The lowest BCUT2D eigenvalue weighted by molar-refractivity contribution is -0.239. The molecule has 0 amide bonds. The van der Waals surface area contributed by atoms with Gasteiger partial charge in [-0.3, -0.25) is 0 Å². The van der Waals surface area contributed by atoms with Crippen molar-refractivity contribution < 1.29 is 14.6 Å². The standard InChI is InChI=1S/C13H17ClO3/c1-3-13(4-2)16-11(8-15)9-6-5-7-10(14)12(9)17-13/h5-7,11,15H,3-4,8H2,1-2H3/t11-/m0/s1. The van der Waals surface area contributed by atoms with E-state index in [2.05, 4.69) is 0 Å². The number of hydrogen-bond donors (Lipinski definition) is 1. The molecular formula is C13H17ClO3. The zero-order valence-electron chi connectivity index (χ0n) is 10.1. The predicted molar refractivity (Wildman–Crippen MR) is 66.3 cm³/mol. The second kappa shape index (κ2) is 4.84. The van der Waals surface area contributed by atoms with Gasteiger partial charge in [0.2, 0.25) is 5.79 Å². The average molecular weight is 257 g/mol. The maximum Gasteiger partial charge on any atom is 0.210 e. The third-order valence-electron chi connectivity index (χ3n) is 3.23. The third-order valence-corrected chi connectivity index (χ3v) is 3.53. The summed E-state index contributed by atoms with van der Waals surface area (Å²) in [5.41, 5.74) is 0.817. The Hall–Kier alpha value is -0.770. The number of aliphatic hydroxyl groups excluding tert-OH is 1. The van der Waals surface area contributed by atoms with Crippen molar-refractivity contribution in [1.29, 1.82) is 0 Å². The normalized spacial score (nSPS) is 21.8. The summed E-state index contributed by atoms with van der Waals surface area (Å²) in [6.07, 6.45) is 1.06. The lowest BCUT2D eigenvalue weighted by atomic mass is 10.0. The molecule has 3 nitrogen and oxygen atoms in total. The van der Waals surface area contributed by atoms with Crippen LogP contribution in [-0.2, 0) is 4.74 Å². The first kappa shape index (κ1) is 12.7. The van der Waals surface area contributed by atoms with Crippen LogP contribution in [0.2, 0.25) is 5.02 Å². The highest BCUT2D eigenvalue weighted by Gasteiger charge is 2.39. The monoisotopic (exact) mass is 256 g/mol. The second-order valence-electron chi connectivity index (χ2n) is 4.17. The first-order valence-electron chi connectivity index (χ1n) is 5.92. The zero-order valence-corrected chi connectivity index (χ0v) is 10.8. The minimum atomic E-state index is -0.675. The van der Waals surface area contributed by atoms with Gasteiger partial charge in [0.05, 0.1) is 11.6 Å². The summed E-state index contributed by atoms with van der Waals surface area (Å²) >= 11 is 6.14. The number of benzene rings is 1. The molecule has 4 heteroatoms. The SMILES string of the molecule is CCC1(CC)Oc2c(Cl)cccc2[C@H](CO)O1. The van der Waals surface area contributed by atoms with Crippen LogP contribution in [0.15, 0.2) is 18.2 Å². The van der Waals surface area contributed by atoms with Gasteiger partial charge in [-0.25, -0.2) is 0 Å². The van der Waals surface area contributed by atoms with Crippen LogP contribution in [0.25, 0.3) is 0 Å². The van der Waals surface area contributed by atoms with Gasteiger partial charge in [0.15, 0.2) is 0 Å². The molecule has 0 spiro atoms. The molecule has 1 atom stereocenters. The average Bonchev–Trinajstić information content (AvgIpc) is 2.38. The number of ether oxygens (including phenoxy) is 2. The van der Waals surface area contributed by atoms with Crippen molar-refractivity contribution in [2.75, 3.05) is 6.61 Å². The largest absolute Gasteiger partial charge is 0.460 e. The Morgan fingerprint density at radius 3 is 2.65 bits per heavy atom. The van der Waals surface area contributed by atoms with Crippen molar-refractivity contribution >= 4 is 11.6 Å². The number of halogens is 1. The van der Waals surface area contributed by atoms with E-state index in [-0.39, 0.29) is 12.7 Å². The minimum absolute atomic E-state index is 0.0710. The van der Waals surface area contributed by atoms with E-state index in [4.69, 9.17) is 21.1 Å². The first-order valence-corrected chi connectivity index (χ1v) is 6.29. The highest BCUT2D eigenvalue weighted by molar-refractivity contribution is 6.32. The molecule has 1 aliphatic heterocycles. The molecule has 0 fully saturated rings. The molecule has 1 aliphatic rings. The molecule has 1 heterocycles. The summed E-state index contributed by atoms with van der Waals surface area (Å²) in [7, 11) is 0. The molecule has 0 bridgehead atoms. The molecule has 0 unspecified atom stereocenters. The molecule has 0 aliphatic carbocycles. The lowest BCUT2D eigenvalue weighted by Gasteiger charge is -2.41. The second-order valence-corrected chi connectivity index (χ2v) is 4.57. The van der Waals surface area contributed by atoms with Crippen LogP contribution in [0.4, 0.5) is 0 Å². The quantitative estimate of drug-likeness (QED) is 0.902. The van der Waals surface area contributed by atoms with Gasteiger partial charge in [0.1, 0.15) is 11.9 Å². The van der Waals surface area contributed by atoms with Gasteiger partial charge in [-0.15, -0.1) is 0 Å². The molecular weight excluding hydrogens is 240 g/mol. The molecule has 1 N–H and O–H groups in total. The summed E-state index contributed by atoms with van der Waals surface area (Å²) in [5, 5.41) is 9.99. The summed E-state index contributed by atoms with van der Waals surface area (Å²) in [4.78, 5) is 0. The maximum absolute atomic E-state index is 9.43. The van der Waals surface area contributed by atoms with E-state index in [0.717, 1.165) is 5.56 Å². The van der Waals surface area contributed by atoms with Gasteiger partial charge in [-0.05, 0) is 6.07 Å². The van der Waals surface area contributed by atoms with E-state index >= 15 is 0 Å². The van der Waals surface area contributed by atoms with Crippen molar-refractivity contribution in [2.24, 2.45) is 0 Å². The zero-order chi connectivity index (χ0) is 12.5. The minimum Gasteiger partial charge on any atom is -0.460 e. The Kier molecular flexibility index (Phi) is 3.61. The van der Waals surface area contributed by atoms with Gasteiger partial charge in [0, 0.05) is 18.4 Å². The van der Waals surface area contributed by atoms with Crippen molar-refractivity contribution in [3.63, 3.8) is 0 Å². The molecule has 0 saturated carbocycles. The molecule has 0 aromatic heterocycles. The van der Waals surface area contributed by atoms with E-state index in [1.54, 1.807) is 6.07 Å². The Morgan fingerprint density at radius 1 is 1.35 bits per heavy atom. The van der Waals surface area contributed by atoms with E-state index in [0.29, 0.717) is 23.6 Å². The van der Waals surface area contributed by atoms with Gasteiger partial charge in [-0.1, -0.05) is 37.6 Å². The maximum atomic E-state index is 9.43. The number of rotatable bonds is 3. The fourth-order valence-corrected chi connectivity index (χ4v) is 2.34. The van der Waals surface area contributed by atoms with Crippen LogP contribution < -0.4 is 4.74 Å². The van der Waals surface area contributed by atoms with Crippen molar-refractivity contribution in [3.8, 4) is 5.75 Å². The molecule has 2 rings (SSSR count). The molecule has 1 aromatic rings.